The number of halogens is 2. The van der Waals surface area contributed by atoms with Crippen molar-refractivity contribution < 1.29 is 14.3 Å². The van der Waals surface area contributed by atoms with Crippen molar-refractivity contribution in [3.8, 4) is 18.1 Å². The van der Waals surface area contributed by atoms with Crippen molar-refractivity contribution in [1.82, 2.24) is 4.90 Å². The lowest BCUT2D eigenvalue weighted by atomic mass is 9.98. The molecule has 0 atom stereocenters. The molecule has 124 valence electrons. The van der Waals surface area contributed by atoms with Gasteiger partial charge < -0.3 is 14.4 Å². The summed E-state index contributed by atoms with van der Waals surface area (Å²) >= 11 is 11.8. The Morgan fingerprint density at radius 1 is 1.35 bits per heavy atom. The van der Waals surface area contributed by atoms with Crippen LogP contribution in [-0.2, 0) is 9.53 Å². The second kappa shape index (κ2) is 9.02. The molecule has 0 spiro atoms. The van der Waals surface area contributed by atoms with Crippen LogP contribution in [0.4, 0.5) is 0 Å². The van der Waals surface area contributed by atoms with Crippen molar-refractivity contribution in [3.05, 3.63) is 28.2 Å². The highest BCUT2D eigenvalue weighted by Crippen LogP contribution is 2.27. The fourth-order valence-electron chi connectivity index (χ4n) is 2.46. The molecule has 0 bridgehead atoms. The third kappa shape index (κ3) is 5.62. The van der Waals surface area contributed by atoms with Crippen LogP contribution >= 0.6 is 23.2 Å². The van der Waals surface area contributed by atoms with Gasteiger partial charge >= 0.3 is 0 Å². The minimum atomic E-state index is -0.0426. The summed E-state index contributed by atoms with van der Waals surface area (Å²) < 4.78 is 10.8. The Kier molecular flexibility index (Phi) is 7.04. The van der Waals surface area contributed by atoms with Gasteiger partial charge in [0.15, 0.2) is 6.61 Å². The van der Waals surface area contributed by atoms with Crippen LogP contribution in [0.2, 0.25) is 10.0 Å². The summed E-state index contributed by atoms with van der Waals surface area (Å²) in [5.41, 5.74) is 0. The number of carbonyl (C=O) groups is 1. The molecule has 6 heteroatoms. The van der Waals surface area contributed by atoms with E-state index in [1.165, 1.54) is 0 Å². The quantitative estimate of drug-likeness (QED) is 0.580. The van der Waals surface area contributed by atoms with Gasteiger partial charge in [-0.05, 0) is 37.0 Å². The van der Waals surface area contributed by atoms with Gasteiger partial charge in [0.25, 0.3) is 5.91 Å². The summed E-state index contributed by atoms with van der Waals surface area (Å²) in [7, 11) is 0. The number of amides is 1. The van der Waals surface area contributed by atoms with E-state index in [0.717, 1.165) is 12.8 Å². The van der Waals surface area contributed by atoms with E-state index in [-0.39, 0.29) is 12.5 Å². The summed E-state index contributed by atoms with van der Waals surface area (Å²) in [5, 5.41) is 0.928. The fourth-order valence-corrected chi connectivity index (χ4v) is 2.92. The van der Waals surface area contributed by atoms with Gasteiger partial charge in [-0.3, -0.25) is 4.79 Å². The molecule has 1 amide bonds. The second-order valence-corrected chi connectivity index (χ2v) is 6.25. The molecule has 0 radical (unpaired) electrons. The van der Waals surface area contributed by atoms with Crippen molar-refractivity contribution in [1.29, 1.82) is 0 Å². The van der Waals surface area contributed by atoms with Crippen molar-refractivity contribution in [2.24, 2.45) is 5.92 Å². The van der Waals surface area contributed by atoms with E-state index in [4.69, 9.17) is 39.1 Å². The maximum atomic E-state index is 12.2. The van der Waals surface area contributed by atoms with Gasteiger partial charge in [0.05, 0.1) is 11.6 Å². The third-order valence-corrected chi connectivity index (χ3v) is 4.28. The van der Waals surface area contributed by atoms with E-state index >= 15 is 0 Å². The number of hydrogen-bond acceptors (Lipinski definition) is 3. The van der Waals surface area contributed by atoms with Crippen LogP contribution in [0.15, 0.2) is 18.2 Å². The van der Waals surface area contributed by atoms with Gasteiger partial charge in [-0.15, -0.1) is 6.42 Å². The Morgan fingerprint density at radius 2 is 2.09 bits per heavy atom. The lowest BCUT2D eigenvalue weighted by Gasteiger charge is -2.31. The average Bonchev–Trinajstić information content (AvgIpc) is 2.55. The molecule has 1 aliphatic rings. The summed E-state index contributed by atoms with van der Waals surface area (Å²) in [6, 6.07) is 4.92. The monoisotopic (exact) mass is 355 g/mol. The van der Waals surface area contributed by atoms with E-state index in [0.29, 0.717) is 48.0 Å². The van der Waals surface area contributed by atoms with Gasteiger partial charge in [0.2, 0.25) is 0 Å². The normalized spacial score (nSPS) is 15.3. The predicted octanol–water partition coefficient (Wildman–Crippen LogP) is 3.26. The molecule has 1 aromatic rings. The number of ether oxygens (including phenoxy) is 2. The summed E-state index contributed by atoms with van der Waals surface area (Å²) in [5.74, 6) is 3.33. The number of carbonyl (C=O) groups excluding carboxylic acids is 1. The van der Waals surface area contributed by atoms with E-state index in [9.17, 15) is 4.79 Å². The molecule has 1 aromatic carbocycles. The summed E-state index contributed by atoms with van der Waals surface area (Å²) in [6.45, 7) is 2.39. The van der Waals surface area contributed by atoms with Crippen molar-refractivity contribution >= 4 is 29.1 Å². The highest BCUT2D eigenvalue weighted by atomic mass is 35.5. The summed E-state index contributed by atoms with van der Waals surface area (Å²) in [4.78, 5) is 14.0. The average molecular weight is 356 g/mol. The van der Waals surface area contributed by atoms with E-state index in [2.05, 4.69) is 5.92 Å². The first-order valence-electron chi connectivity index (χ1n) is 7.47. The standard InChI is InChI=1S/C17H19Cl2NO3/c1-2-9-22-11-13-5-7-20(8-6-13)17(21)12-23-16-4-3-14(18)10-15(16)19/h1,3-4,10,13H,5-9,11-12H2. The van der Waals surface area contributed by atoms with E-state index in [1.807, 2.05) is 4.90 Å². The molecule has 1 heterocycles. The molecular weight excluding hydrogens is 337 g/mol. The van der Waals surface area contributed by atoms with Crippen LogP contribution in [0.25, 0.3) is 0 Å². The third-order valence-electron chi connectivity index (χ3n) is 3.75. The van der Waals surface area contributed by atoms with Crippen LogP contribution in [0.5, 0.6) is 5.75 Å². The number of nitrogens with zero attached hydrogens (tertiary/aromatic N) is 1. The van der Waals surface area contributed by atoms with E-state index < -0.39 is 0 Å². The highest BCUT2D eigenvalue weighted by molar-refractivity contribution is 6.35. The SMILES string of the molecule is C#CCOCC1CCN(C(=O)COc2ccc(Cl)cc2Cl)CC1. The number of likely N-dealkylation sites (tertiary alicyclic amines) is 1. The van der Waals surface area contributed by atoms with Crippen LogP contribution in [0.1, 0.15) is 12.8 Å². The zero-order valence-electron chi connectivity index (χ0n) is 12.8. The fraction of sp³-hybridized carbons (Fsp3) is 0.471. The highest BCUT2D eigenvalue weighted by Gasteiger charge is 2.23. The largest absolute Gasteiger partial charge is 0.482 e. The number of piperidine rings is 1. The molecule has 0 aromatic heterocycles. The first kappa shape index (κ1) is 17.9. The molecule has 0 aliphatic carbocycles. The summed E-state index contributed by atoms with van der Waals surface area (Å²) in [6.07, 6.45) is 6.98. The second-order valence-electron chi connectivity index (χ2n) is 5.41. The minimum absolute atomic E-state index is 0.0282. The minimum Gasteiger partial charge on any atom is -0.482 e. The first-order chi connectivity index (χ1) is 11.1. The maximum Gasteiger partial charge on any atom is 0.260 e. The molecule has 0 N–H and O–H groups in total. The lowest BCUT2D eigenvalue weighted by molar-refractivity contribution is -0.135. The first-order valence-corrected chi connectivity index (χ1v) is 8.22. The van der Waals surface area contributed by atoms with Crippen LogP contribution in [0, 0.1) is 18.3 Å². The molecule has 1 saturated heterocycles. The van der Waals surface area contributed by atoms with Crippen molar-refractivity contribution in [3.63, 3.8) is 0 Å². The Morgan fingerprint density at radius 3 is 2.74 bits per heavy atom. The topological polar surface area (TPSA) is 38.8 Å². The molecule has 23 heavy (non-hydrogen) atoms. The Balaban J connectivity index is 1.74. The predicted molar refractivity (Wildman–Crippen MR) is 90.9 cm³/mol. The molecule has 2 rings (SSSR count). The Bertz CT molecular complexity index is 578. The van der Waals surface area contributed by atoms with Crippen LogP contribution < -0.4 is 4.74 Å². The number of rotatable bonds is 6. The van der Waals surface area contributed by atoms with Gasteiger partial charge in [0, 0.05) is 18.1 Å². The molecule has 0 saturated carbocycles. The Hall–Kier alpha value is -1.41. The molecule has 1 aliphatic heterocycles. The lowest BCUT2D eigenvalue weighted by Crippen LogP contribution is -2.41. The van der Waals surface area contributed by atoms with Gasteiger partial charge in [0.1, 0.15) is 12.4 Å². The van der Waals surface area contributed by atoms with Gasteiger partial charge in [-0.1, -0.05) is 29.1 Å². The van der Waals surface area contributed by atoms with Crippen LogP contribution in [0.3, 0.4) is 0 Å². The van der Waals surface area contributed by atoms with Gasteiger partial charge in [-0.25, -0.2) is 0 Å². The molecule has 0 unspecified atom stereocenters. The zero-order valence-corrected chi connectivity index (χ0v) is 14.3. The number of hydrogen-bond donors (Lipinski definition) is 0. The van der Waals surface area contributed by atoms with Gasteiger partial charge in [-0.2, -0.15) is 0 Å². The maximum absolute atomic E-state index is 12.2. The molecule has 4 nitrogen and oxygen atoms in total. The van der Waals surface area contributed by atoms with E-state index in [1.54, 1.807) is 18.2 Å². The molecular formula is C17H19Cl2NO3. The number of terminal acetylenes is 1. The zero-order chi connectivity index (χ0) is 16.7. The Labute approximate surface area is 146 Å². The van der Waals surface area contributed by atoms with Crippen molar-refractivity contribution in [2.75, 3.05) is 32.9 Å². The molecule has 1 fully saturated rings. The van der Waals surface area contributed by atoms with Crippen molar-refractivity contribution in [2.45, 2.75) is 12.8 Å². The smallest absolute Gasteiger partial charge is 0.260 e. The number of benzene rings is 1. The van der Waals surface area contributed by atoms with Crippen LogP contribution in [-0.4, -0.2) is 43.7 Å².